The van der Waals surface area contributed by atoms with Crippen LogP contribution in [0, 0.1) is 0 Å². The molecule has 3 atom stereocenters. The molecule has 0 saturated carbocycles. The number of aliphatic hydroxyl groups excluding tert-OH is 1. The van der Waals surface area contributed by atoms with Gasteiger partial charge in [0.25, 0.3) is 0 Å². The summed E-state index contributed by atoms with van der Waals surface area (Å²) < 4.78 is 23.5. The second-order valence-corrected chi connectivity index (χ2v) is 23.2. The van der Waals surface area contributed by atoms with Crippen LogP contribution in [0.25, 0.3) is 0 Å². The standard InChI is InChI=1S/C59H117N2O6P/c1-6-8-10-12-14-15-16-17-18-19-20-21-22-23-24-25-26-27-28-29-30-31-32-33-34-35-36-37-38-39-40-41-42-43-44-45-47-49-51-53-59(63)60-57(58(62)52-50-48-46-13-11-9-7-2)56-67-68(64,65)66-55-54-61(3,4)5/h11,13,50,52,57-58,62H,6-10,12,14-49,51,53-56H2,1-5H3,(H-,60,63,64,65)/p+1/b13-11+,52-50+. The van der Waals surface area contributed by atoms with Crippen LogP contribution in [0.1, 0.15) is 296 Å². The Kier molecular flexibility index (Phi) is 50.1. The normalized spacial score (nSPS) is 14.0. The molecule has 0 saturated heterocycles. The summed E-state index contributed by atoms with van der Waals surface area (Å²) in [4.78, 5) is 23.1. The Bertz CT molecular complexity index is 1160. The molecule has 1 amide bonds. The number of quaternary nitrogens is 1. The van der Waals surface area contributed by atoms with Crippen molar-refractivity contribution >= 4 is 13.7 Å². The predicted molar refractivity (Wildman–Crippen MR) is 295 cm³/mol. The second kappa shape index (κ2) is 50.9. The summed E-state index contributed by atoms with van der Waals surface area (Å²) in [5, 5.41) is 13.7. The number of hydrogen-bond acceptors (Lipinski definition) is 5. The van der Waals surface area contributed by atoms with Crippen LogP contribution in [0.15, 0.2) is 24.3 Å². The smallest absolute Gasteiger partial charge is 0.387 e. The monoisotopic (exact) mass is 982 g/mol. The van der Waals surface area contributed by atoms with Gasteiger partial charge in [-0.1, -0.05) is 289 Å². The molecule has 0 aliphatic carbocycles. The van der Waals surface area contributed by atoms with Gasteiger partial charge < -0.3 is 19.8 Å². The molecule has 0 fully saturated rings. The summed E-state index contributed by atoms with van der Waals surface area (Å²) in [5.41, 5.74) is 0. The van der Waals surface area contributed by atoms with Gasteiger partial charge in [-0.15, -0.1) is 0 Å². The molecule has 0 aliphatic rings. The summed E-state index contributed by atoms with van der Waals surface area (Å²) in [6, 6.07) is -0.857. The quantitative estimate of drug-likeness (QED) is 0.0243. The number of aliphatic hydroxyl groups is 1. The van der Waals surface area contributed by atoms with Crippen LogP contribution >= 0.6 is 7.82 Å². The number of phosphoric ester groups is 1. The van der Waals surface area contributed by atoms with Crippen LogP contribution in [0.3, 0.4) is 0 Å². The van der Waals surface area contributed by atoms with Crippen molar-refractivity contribution in [3.8, 4) is 0 Å². The van der Waals surface area contributed by atoms with Gasteiger partial charge in [-0.25, -0.2) is 4.57 Å². The largest absolute Gasteiger partial charge is 0.472 e. The molecule has 3 unspecified atom stereocenters. The highest BCUT2D eigenvalue weighted by Gasteiger charge is 2.27. The summed E-state index contributed by atoms with van der Waals surface area (Å²) in [7, 11) is 1.56. The number of likely N-dealkylation sites (N-methyl/N-ethyl adjacent to an activating group) is 1. The SMILES string of the molecule is CCC/C=C/CC/C=C/C(O)C(COP(=O)(O)OCC[N+](C)(C)C)NC(=O)CCCCCCCCCCCCCCCCCCCCCCCCCCCCCCCCCCCCCCCCC. The Balaban J connectivity index is 3.69. The van der Waals surface area contributed by atoms with E-state index in [4.69, 9.17) is 9.05 Å². The molecule has 0 heterocycles. The zero-order chi connectivity index (χ0) is 49.9. The number of amides is 1. The Labute approximate surface area is 424 Å². The van der Waals surface area contributed by atoms with Gasteiger partial charge in [0.05, 0.1) is 39.9 Å². The molecule has 0 bridgehead atoms. The molecule has 68 heavy (non-hydrogen) atoms. The minimum atomic E-state index is -4.34. The maximum Gasteiger partial charge on any atom is 0.472 e. The number of hydrogen-bond donors (Lipinski definition) is 3. The highest BCUT2D eigenvalue weighted by molar-refractivity contribution is 7.47. The van der Waals surface area contributed by atoms with Gasteiger partial charge in [-0.2, -0.15) is 0 Å². The molecule has 0 aliphatic heterocycles. The fourth-order valence-corrected chi connectivity index (χ4v) is 9.75. The van der Waals surface area contributed by atoms with E-state index in [0.717, 1.165) is 44.9 Å². The minimum Gasteiger partial charge on any atom is -0.387 e. The van der Waals surface area contributed by atoms with Gasteiger partial charge in [-0.05, 0) is 25.7 Å². The first kappa shape index (κ1) is 67.0. The van der Waals surface area contributed by atoms with Crippen LogP contribution in [-0.4, -0.2) is 73.4 Å². The maximum atomic E-state index is 12.9. The number of phosphoric acid groups is 1. The molecule has 0 radical (unpaired) electrons. The van der Waals surface area contributed by atoms with Crippen molar-refractivity contribution in [2.75, 3.05) is 40.9 Å². The number of carbonyl (C=O) groups excluding carboxylic acids is 1. The maximum absolute atomic E-state index is 12.9. The highest BCUT2D eigenvalue weighted by atomic mass is 31.2. The molecular formula is C59H118N2O6P+. The fourth-order valence-electron chi connectivity index (χ4n) is 9.01. The van der Waals surface area contributed by atoms with Gasteiger partial charge >= 0.3 is 7.82 Å². The first-order chi connectivity index (χ1) is 33.0. The number of carbonyl (C=O) groups is 1. The van der Waals surface area contributed by atoms with Gasteiger partial charge in [0.15, 0.2) is 0 Å². The summed E-state index contributed by atoms with van der Waals surface area (Å²) >= 11 is 0. The van der Waals surface area contributed by atoms with Crippen molar-refractivity contribution in [2.24, 2.45) is 0 Å². The predicted octanol–water partition coefficient (Wildman–Crippen LogP) is 18.0. The van der Waals surface area contributed by atoms with Crippen molar-refractivity contribution in [2.45, 2.75) is 309 Å². The van der Waals surface area contributed by atoms with E-state index in [1.807, 2.05) is 27.2 Å². The van der Waals surface area contributed by atoms with Crippen LogP contribution in [-0.2, 0) is 18.4 Å². The number of nitrogens with zero attached hydrogens (tertiary/aromatic N) is 1. The Morgan fingerprint density at radius 1 is 0.485 bits per heavy atom. The molecule has 0 rings (SSSR count). The zero-order valence-electron chi connectivity index (χ0n) is 46.1. The number of unbranched alkanes of at least 4 members (excludes halogenated alkanes) is 40. The average Bonchev–Trinajstić information content (AvgIpc) is 3.30. The van der Waals surface area contributed by atoms with Gasteiger partial charge in [-0.3, -0.25) is 13.8 Å². The highest BCUT2D eigenvalue weighted by Crippen LogP contribution is 2.43. The van der Waals surface area contributed by atoms with Crippen molar-refractivity contribution < 1.29 is 32.9 Å². The first-order valence-electron chi connectivity index (χ1n) is 29.7. The van der Waals surface area contributed by atoms with Crippen LogP contribution in [0.4, 0.5) is 0 Å². The molecule has 0 aromatic heterocycles. The molecule has 9 heteroatoms. The van der Waals surface area contributed by atoms with E-state index in [-0.39, 0.29) is 19.1 Å². The first-order valence-corrected chi connectivity index (χ1v) is 31.2. The third kappa shape index (κ3) is 52.8. The molecule has 0 aromatic carbocycles. The lowest BCUT2D eigenvalue weighted by Crippen LogP contribution is -2.45. The number of rotatable bonds is 55. The molecule has 0 aromatic rings. The van der Waals surface area contributed by atoms with Crippen LogP contribution in [0.2, 0.25) is 0 Å². The van der Waals surface area contributed by atoms with Crippen LogP contribution in [0.5, 0.6) is 0 Å². The summed E-state index contributed by atoms with van der Waals surface area (Å²) in [6.45, 7) is 4.71. The minimum absolute atomic E-state index is 0.0576. The molecule has 8 nitrogen and oxygen atoms in total. The molecule has 3 N–H and O–H groups in total. The zero-order valence-corrected chi connectivity index (χ0v) is 47.0. The van der Waals surface area contributed by atoms with E-state index in [1.54, 1.807) is 6.08 Å². The van der Waals surface area contributed by atoms with E-state index in [2.05, 4.69) is 31.3 Å². The Morgan fingerprint density at radius 2 is 0.809 bits per heavy atom. The lowest BCUT2D eigenvalue weighted by molar-refractivity contribution is -0.870. The van der Waals surface area contributed by atoms with E-state index in [1.165, 1.54) is 231 Å². The van der Waals surface area contributed by atoms with Gasteiger partial charge in [0.2, 0.25) is 5.91 Å². The molecule has 0 spiro atoms. The van der Waals surface area contributed by atoms with E-state index in [9.17, 15) is 19.4 Å². The lowest BCUT2D eigenvalue weighted by atomic mass is 10.0. The van der Waals surface area contributed by atoms with Gasteiger partial charge in [0.1, 0.15) is 13.2 Å². The third-order valence-corrected chi connectivity index (χ3v) is 14.6. The molecule has 404 valence electrons. The fraction of sp³-hybridized carbons (Fsp3) is 0.915. The number of allylic oxidation sites excluding steroid dienone is 3. The number of nitrogens with one attached hydrogen (secondary N) is 1. The van der Waals surface area contributed by atoms with Crippen molar-refractivity contribution in [1.29, 1.82) is 0 Å². The topological polar surface area (TPSA) is 105 Å². The van der Waals surface area contributed by atoms with Crippen molar-refractivity contribution in [3.05, 3.63) is 24.3 Å². The van der Waals surface area contributed by atoms with Crippen molar-refractivity contribution in [3.63, 3.8) is 0 Å². The lowest BCUT2D eigenvalue weighted by Gasteiger charge is -2.25. The van der Waals surface area contributed by atoms with E-state index in [0.29, 0.717) is 17.4 Å². The third-order valence-electron chi connectivity index (χ3n) is 13.7. The average molecular weight is 983 g/mol. The van der Waals surface area contributed by atoms with Gasteiger partial charge in [0, 0.05) is 6.42 Å². The Morgan fingerprint density at radius 3 is 1.15 bits per heavy atom. The summed E-state index contributed by atoms with van der Waals surface area (Å²) in [5.74, 6) is -0.186. The van der Waals surface area contributed by atoms with Crippen LogP contribution < -0.4 is 5.32 Å². The van der Waals surface area contributed by atoms with E-state index < -0.39 is 20.0 Å². The second-order valence-electron chi connectivity index (χ2n) is 21.7. The summed E-state index contributed by atoms with van der Waals surface area (Å²) in [6.07, 6.45) is 65.1. The van der Waals surface area contributed by atoms with E-state index >= 15 is 0 Å². The van der Waals surface area contributed by atoms with Crippen molar-refractivity contribution in [1.82, 2.24) is 5.32 Å². The Hall–Kier alpha value is -1.02. The molecular weight excluding hydrogens is 864 g/mol.